The van der Waals surface area contributed by atoms with Crippen molar-refractivity contribution in [3.8, 4) is 0 Å². The van der Waals surface area contributed by atoms with Crippen molar-refractivity contribution in [2.24, 2.45) is 0 Å². The maximum atomic E-state index is 11.2. The molecular weight excluding hydrogens is 256 g/mol. The van der Waals surface area contributed by atoms with Crippen molar-refractivity contribution >= 4 is 22.8 Å². The van der Waals surface area contributed by atoms with Crippen LogP contribution in [0.5, 0.6) is 0 Å². The number of rotatable bonds is 6. The number of carbonyl (C=O) groups excluding carboxylic acids is 1. The summed E-state index contributed by atoms with van der Waals surface area (Å²) in [6.07, 6.45) is 2.99. The molecule has 2 aromatic rings. The van der Waals surface area contributed by atoms with Gasteiger partial charge in [0.25, 0.3) is 0 Å². The van der Waals surface area contributed by atoms with Gasteiger partial charge in [-0.15, -0.1) is 0 Å². The Bertz CT molecular complexity index is 618. The molecule has 0 aliphatic heterocycles. The number of amides is 1. The van der Waals surface area contributed by atoms with Crippen LogP contribution >= 0.6 is 0 Å². The number of fused-ring (bicyclic) bond motifs is 1. The van der Waals surface area contributed by atoms with Crippen molar-refractivity contribution < 1.29 is 14.7 Å². The van der Waals surface area contributed by atoms with Gasteiger partial charge in [0.1, 0.15) is 0 Å². The van der Waals surface area contributed by atoms with E-state index in [0.717, 1.165) is 16.5 Å². The van der Waals surface area contributed by atoms with Crippen molar-refractivity contribution in [3.05, 3.63) is 36.0 Å². The number of benzene rings is 1. The standard InChI is InChI=1S/C15H18N2O3/c1-10(18)17-13(4-5-15(19)20)8-11-2-3-12-6-7-16-14(12)9-11/h2-3,6-7,9,13,16H,4-5,8H2,1H3,(H,17,18)(H,19,20). The fourth-order valence-electron chi connectivity index (χ4n) is 2.32. The summed E-state index contributed by atoms with van der Waals surface area (Å²) in [6.45, 7) is 1.45. The second kappa shape index (κ2) is 6.23. The van der Waals surface area contributed by atoms with Gasteiger partial charge in [0.2, 0.25) is 5.91 Å². The molecule has 2 rings (SSSR count). The molecule has 1 aromatic carbocycles. The molecule has 106 valence electrons. The van der Waals surface area contributed by atoms with Crippen LogP contribution in [0.1, 0.15) is 25.3 Å². The summed E-state index contributed by atoms with van der Waals surface area (Å²) in [6, 6.07) is 7.89. The first-order valence-corrected chi connectivity index (χ1v) is 6.59. The molecule has 0 saturated carbocycles. The summed E-state index contributed by atoms with van der Waals surface area (Å²) in [5, 5.41) is 12.7. The Balaban J connectivity index is 2.08. The zero-order chi connectivity index (χ0) is 14.5. The average Bonchev–Trinajstić information content (AvgIpc) is 2.82. The second-order valence-electron chi connectivity index (χ2n) is 4.93. The van der Waals surface area contributed by atoms with E-state index in [4.69, 9.17) is 5.11 Å². The molecule has 1 aromatic heterocycles. The zero-order valence-electron chi connectivity index (χ0n) is 11.3. The van der Waals surface area contributed by atoms with Crippen molar-refractivity contribution in [1.82, 2.24) is 10.3 Å². The minimum Gasteiger partial charge on any atom is -0.481 e. The first-order chi connectivity index (χ1) is 9.54. The number of aromatic nitrogens is 1. The van der Waals surface area contributed by atoms with Crippen LogP contribution in [-0.2, 0) is 16.0 Å². The van der Waals surface area contributed by atoms with Gasteiger partial charge in [-0.2, -0.15) is 0 Å². The van der Waals surface area contributed by atoms with Crippen molar-refractivity contribution in [2.45, 2.75) is 32.2 Å². The minimum atomic E-state index is -0.847. The van der Waals surface area contributed by atoms with Crippen molar-refractivity contribution in [2.75, 3.05) is 0 Å². The van der Waals surface area contributed by atoms with E-state index in [1.807, 2.05) is 30.5 Å². The fourth-order valence-corrected chi connectivity index (χ4v) is 2.32. The van der Waals surface area contributed by atoms with Crippen LogP contribution in [-0.4, -0.2) is 28.0 Å². The Hall–Kier alpha value is -2.30. The van der Waals surface area contributed by atoms with E-state index >= 15 is 0 Å². The smallest absolute Gasteiger partial charge is 0.303 e. The van der Waals surface area contributed by atoms with Crippen LogP contribution in [0, 0.1) is 0 Å². The van der Waals surface area contributed by atoms with Gasteiger partial charge in [0, 0.05) is 31.1 Å². The van der Waals surface area contributed by atoms with Crippen molar-refractivity contribution in [1.29, 1.82) is 0 Å². The third kappa shape index (κ3) is 3.85. The van der Waals surface area contributed by atoms with Gasteiger partial charge in [0.05, 0.1) is 0 Å². The predicted molar refractivity (Wildman–Crippen MR) is 76.5 cm³/mol. The Kier molecular flexibility index (Phi) is 4.40. The average molecular weight is 274 g/mol. The van der Waals surface area contributed by atoms with E-state index in [2.05, 4.69) is 10.3 Å². The number of aliphatic carboxylic acids is 1. The van der Waals surface area contributed by atoms with Crippen LogP contribution in [0.15, 0.2) is 30.5 Å². The van der Waals surface area contributed by atoms with Gasteiger partial charge in [0.15, 0.2) is 0 Å². The summed E-state index contributed by atoms with van der Waals surface area (Å²) in [7, 11) is 0. The first kappa shape index (κ1) is 14.1. The van der Waals surface area contributed by atoms with Crippen molar-refractivity contribution in [3.63, 3.8) is 0 Å². The summed E-state index contributed by atoms with van der Waals surface area (Å²) < 4.78 is 0. The van der Waals surface area contributed by atoms with Gasteiger partial charge in [-0.1, -0.05) is 12.1 Å². The molecular formula is C15H18N2O3. The van der Waals surface area contributed by atoms with Gasteiger partial charge >= 0.3 is 5.97 Å². The molecule has 0 bridgehead atoms. The molecule has 5 nitrogen and oxygen atoms in total. The number of carboxylic acid groups (broad SMARTS) is 1. The van der Waals surface area contributed by atoms with E-state index < -0.39 is 5.97 Å². The number of carboxylic acids is 1. The lowest BCUT2D eigenvalue weighted by molar-refractivity contribution is -0.137. The van der Waals surface area contributed by atoms with Crippen LogP contribution in [0.3, 0.4) is 0 Å². The number of hydrogen-bond acceptors (Lipinski definition) is 2. The lowest BCUT2D eigenvalue weighted by Crippen LogP contribution is -2.35. The number of nitrogens with one attached hydrogen (secondary N) is 2. The normalized spacial score (nSPS) is 12.2. The molecule has 1 amide bonds. The topological polar surface area (TPSA) is 82.2 Å². The van der Waals surface area contributed by atoms with E-state index in [-0.39, 0.29) is 18.4 Å². The molecule has 20 heavy (non-hydrogen) atoms. The molecule has 0 aliphatic rings. The third-order valence-corrected chi connectivity index (χ3v) is 3.22. The van der Waals surface area contributed by atoms with Gasteiger partial charge in [-0.05, 0) is 35.9 Å². The van der Waals surface area contributed by atoms with E-state index in [1.54, 1.807) is 0 Å². The molecule has 0 saturated heterocycles. The Morgan fingerprint density at radius 1 is 1.35 bits per heavy atom. The fraction of sp³-hybridized carbons (Fsp3) is 0.333. The van der Waals surface area contributed by atoms with Crippen LogP contribution < -0.4 is 5.32 Å². The van der Waals surface area contributed by atoms with Crippen LogP contribution in [0.25, 0.3) is 10.9 Å². The monoisotopic (exact) mass is 274 g/mol. The Morgan fingerprint density at radius 2 is 2.15 bits per heavy atom. The molecule has 0 radical (unpaired) electrons. The molecule has 0 spiro atoms. The molecule has 0 aliphatic carbocycles. The molecule has 3 N–H and O–H groups in total. The zero-order valence-corrected chi connectivity index (χ0v) is 11.3. The molecule has 1 atom stereocenters. The van der Waals surface area contributed by atoms with Gasteiger partial charge in [-0.25, -0.2) is 0 Å². The molecule has 1 heterocycles. The highest BCUT2D eigenvalue weighted by Crippen LogP contribution is 2.16. The third-order valence-electron chi connectivity index (χ3n) is 3.22. The summed E-state index contributed by atoms with van der Waals surface area (Å²) in [5.74, 6) is -0.985. The van der Waals surface area contributed by atoms with Gasteiger partial charge in [-0.3, -0.25) is 9.59 Å². The maximum absolute atomic E-state index is 11.2. The highest BCUT2D eigenvalue weighted by atomic mass is 16.4. The highest BCUT2D eigenvalue weighted by Gasteiger charge is 2.13. The number of carbonyl (C=O) groups is 2. The highest BCUT2D eigenvalue weighted by molar-refractivity contribution is 5.80. The largest absolute Gasteiger partial charge is 0.481 e. The lowest BCUT2D eigenvalue weighted by Gasteiger charge is -2.17. The minimum absolute atomic E-state index is 0.0513. The maximum Gasteiger partial charge on any atom is 0.303 e. The SMILES string of the molecule is CC(=O)NC(CCC(=O)O)Cc1ccc2cc[nH]c2c1. The molecule has 5 heteroatoms. The number of H-pyrrole nitrogens is 1. The van der Waals surface area contributed by atoms with Crippen LogP contribution in [0.2, 0.25) is 0 Å². The Labute approximate surface area is 117 Å². The quantitative estimate of drug-likeness (QED) is 0.754. The van der Waals surface area contributed by atoms with E-state index in [1.165, 1.54) is 6.92 Å². The number of aromatic amines is 1. The molecule has 0 fully saturated rings. The number of hydrogen-bond donors (Lipinski definition) is 3. The predicted octanol–water partition coefficient (Wildman–Crippen LogP) is 2.08. The summed E-state index contributed by atoms with van der Waals surface area (Å²) in [5.41, 5.74) is 2.12. The van der Waals surface area contributed by atoms with E-state index in [0.29, 0.717) is 12.8 Å². The van der Waals surface area contributed by atoms with Gasteiger partial charge < -0.3 is 15.4 Å². The lowest BCUT2D eigenvalue weighted by atomic mass is 10.0. The van der Waals surface area contributed by atoms with E-state index in [9.17, 15) is 9.59 Å². The summed E-state index contributed by atoms with van der Waals surface area (Å²) in [4.78, 5) is 25.0. The second-order valence-corrected chi connectivity index (χ2v) is 4.93. The molecule has 1 unspecified atom stereocenters. The first-order valence-electron chi connectivity index (χ1n) is 6.59. The van der Waals surface area contributed by atoms with Crippen LogP contribution in [0.4, 0.5) is 0 Å². The Morgan fingerprint density at radius 3 is 2.85 bits per heavy atom. The summed E-state index contributed by atoms with van der Waals surface area (Å²) >= 11 is 0.